The Bertz CT molecular complexity index is 3780. The zero-order valence-electron chi connectivity index (χ0n) is 46.2. The Labute approximate surface area is 416 Å². The number of nitrogens with zero attached hydrogens (tertiary/aromatic N) is 3. The van der Waals surface area contributed by atoms with Gasteiger partial charge in [0.25, 0.3) is 0 Å². The molecule has 11 rings (SSSR count). The number of hydrogen-bond donors (Lipinski definition) is 0. The van der Waals surface area contributed by atoms with Gasteiger partial charge in [-0.3, -0.25) is 15.0 Å². The van der Waals surface area contributed by atoms with Crippen LogP contribution in [0.3, 0.4) is 0 Å². The van der Waals surface area contributed by atoms with Crippen LogP contribution >= 0.6 is 11.3 Å². The average Bonchev–Trinajstić information content (AvgIpc) is 3.89. The zero-order chi connectivity index (χ0) is 53.5. The number of rotatable bonds is 12. The molecule has 0 amide bonds. The maximum atomic E-state index is 8.43. The lowest BCUT2D eigenvalue weighted by molar-refractivity contribution is 0.931. The van der Waals surface area contributed by atoms with Crippen LogP contribution in [-0.2, 0) is 25.7 Å². The van der Waals surface area contributed by atoms with Gasteiger partial charge in [0.05, 0.1) is 17.1 Å². The first-order chi connectivity index (χ1) is 37.0. The monoisotopic (exact) mass is 902 g/mol. The van der Waals surface area contributed by atoms with Crippen molar-refractivity contribution < 1.29 is 12.3 Å². The number of aromatic nitrogens is 3. The predicted octanol–water partition coefficient (Wildman–Crippen LogP) is 16.7. The smallest absolute Gasteiger partial charge is 0.0708 e. The van der Waals surface area contributed by atoms with Gasteiger partial charge in [0.2, 0.25) is 0 Å². The minimum atomic E-state index is -2.35. The SMILES string of the molecule is [2H]C([2H])([2H])c1ccc(-c2ccc(CCc3cc(CCc4ccc(-c5ccc(C([2H])([2H])[2H])cn5)cc4)cc(-c4ccccc4-c4ccc(-c5cc(-c6ccc7c(c6)sc6ccccc67)c(C([2H])([2H])[2H])cn5)cc4)c3)cc2)nc1. The summed E-state index contributed by atoms with van der Waals surface area (Å²) < 4.78 is 73.8. The van der Waals surface area contributed by atoms with E-state index in [1.54, 1.807) is 35.6 Å². The lowest BCUT2D eigenvalue weighted by Gasteiger charge is -2.15. The van der Waals surface area contributed by atoms with Crippen molar-refractivity contribution in [1.82, 2.24) is 15.0 Å². The molecule has 0 N–H and O–H groups in total. The van der Waals surface area contributed by atoms with Crippen LogP contribution in [0.4, 0.5) is 0 Å². The van der Waals surface area contributed by atoms with E-state index in [0.717, 1.165) is 91.7 Å². The van der Waals surface area contributed by atoms with Crippen LogP contribution < -0.4 is 0 Å². The van der Waals surface area contributed by atoms with Gasteiger partial charge in [-0.15, -0.1) is 11.3 Å². The lowest BCUT2D eigenvalue weighted by Crippen LogP contribution is -1.98. The third-order valence-corrected chi connectivity index (χ3v) is 13.9. The Morgan fingerprint density at radius 1 is 0.353 bits per heavy atom. The van der Waals surface area contributed by atoms with Gasteiger partial charge in [-0.2, -0.15) is 0 Å². The van der Waals surface area contributed by atoms with Crippen molar-refractivity contribution in [2.45, 2.75) is 46.2 Å². The number of benzene rings is 7. The molecule has 0 aliphatic carbocycles. The Hall–Kier alpha value is -7.79. The van der Waals surface area contributed by atoms with Gasteiger partial charge in [0.1, 0.15) is 0 Å². The minimum Gasteiger partial charge on any atom is -0.256 e. The first kappa shape index (κ1) is 33.6. The highest BCUT2D eigenvalue weighted by Crippen LogP contribution is 2.39. The molecule has 11 aromatic rings. The molecule has 0 fully saturated rings. The molecule has 0 saturated carbocycles. The van der Waals surface area contributed by atoms with Crippen LogP contribution in [0.1, 0.15) is 51.3 Å². The highest BCUT2D eigenvalue weighted by atomic mass is 32.1. The first-order valence-electron chi connectivity index (χ1n) is 27.4. The van der Waals surface area contributed by atoms with Gasteiger partial charge in [0, 0.05) is 67.8 Å². The normalized spacial score (nSPS) is 13.9. The molecule has 68 heavy (non-hydrogen) atoms. The largest absolute Gasteiger partial charge is 0.256 e. The fraction of sp³-hybridized carbons (Fsp3) is 0.109. The molecule has 0 saturated heterocycles. The van der Waals surface area contributed by atoms with Gasteiger partial charge >= 0.3 is 0 Å². The Morgan fingerprint density at radius 3 is 1.47 bits per heavy atom. The summed E-state index contributed by atoms with van der Waals surface area (Å²) in [5.41, 5.74) is 16.1. The van der Waals surface area contributed by atoms with Crippen molar-refractivity contribution in [2.75, 3.05) is 0 Å². The van der Waals surface area contributed by atoms with E-state index in [0.29, 0.717) is 11.3 Å². The quantitative estimate of drug-likeness (QED) is 0.123. The van der Waals surface area contributed by atoms with Crippen molar-refractivity contribution in [3.8, 4) is 67.2 Å². The molecule has 0 atom stereocenters. The molecule has 7 aromatic carbocycles. The third kappa shape index (κ3) is 9.16. The number of aryl methyl sites for hydroxylation is 7. The van der Waals surface area contributed by atoms with Crippen molar-refractivity contribution in [1.29, 1.82) is 0 Å². The van der Waals surface area contributed by atoms with Crippen molar-refractivity contribution in [3.05, 3.63) is 246 Å². The lowest BCUT2D eigenvalue weighted by atomic mass is 9.90. The number of pyridine rings is 3. The zero-order valence-corrected chi connectivity index (χ0v) is 38.0. The molecule has 0 aliphatic rings. The number of thiophene rings is 1. The highest BCUT2D eigenvalue weighted by molar-refractivity contribution is 7.25. The van der Waals surface area contributed by atoms with Gasteiger partial charge in [-0.05, 0) is 149 Å². The summed E-state index contributed by atoms with van der Waals surface area (Å²) in [7, 11) is 0. The maximum absolute atomic E-state index is 8.43. The van der Waals surface area contributed by atoms with Crippen LogP contribution in [-0.4, -0.2) is 15.0 Å². The van der Waals surface area contributed by atoms with E-state index in [2.05, 4.69) is 125 Å². The summed E-state index contributed by atoms with van der Waals surface area (Å²) in [6.45, 7) is -6.76. The minimum absolute atomic E-state index is 0.217. The second-order valence-electron chi connectivity index (χ2n) is 17.3. The van der Waals surface area contributed by atoms with Crippen molar-refractivity contribution in [2.24, 2.45) is 0 Å². The fourth-order valence-corrected chi connectivity index (χ4v) is 10.3. The fourth-order valence-electron chi connectivity index (χ4n) is 9.15. The summed E-state index contributed by atoms with van der Waals surface area (Å²) in [5.74, 6) is 0. The second kappa shape index (κ2) is 18.8. The first-order valence-corrected chi connectivity index (χ1v) is 23.7. The standard InChI is InChI=1S/C64H51N3S/c1-42-12-32-60(65-39-42)50-22-18-45(19-23-50)14-16-47-34-48(17-15-46-20-24-51(25-21-46)61-33-13-43(2)40-66-61)36-54(35-47)56-9-5-4-8-55(56)49-26-28-52(29-27-49)62-38-59(44(3)41-67-62)53-30-31-58-57-10-6-7-11-63(57)68-64(58)37-53/h4-13,18-41H,14-17H2,1-3H3/i1D3,2D3,3D3. The molecular formula is C64H51N3S. The average molecular weight is 903 g/mol. The van der Waals surface area contributed by atoms with Gasteiger partial charge in [-0.25, -0.2) is 0 Å². The topological polar surface area (TPSA) is 38.7 Å². The summed E-state index contributed by atoms with van der Waals surface area (Å²) in [5, 5.41) is 2.34. The molecule has 0 bridgehead atoms. The van der Waals surface area contributed by atoms with Crippen LogP contribution in [0, 0.1) is 20.6 Å². The molecule has 0 aliphatic heterocycles. The third-order valence-electron chi connectivity index (χ3n) is 12.8. The van der Waals surface area contributed by atoms with E-state index in [1.807, 2.05) is 48.5 Å². The predicted molar refractivity (Wildman–Crippen MR) is 287 cm³/mol. The molecule has 328 valence electrons. The molecule has 0 spiro atoms. The van der Waals surface area contributed by atoms with Crippen LogP contribution in [0.15, 0.2) is 207 Å². The van der Waals surface area contributed by atoms with E-state index in [4.69, 9.17) is 17.3 Å². The number of hydrogen-bond acceptors (Lipinski definition) is 4. The van der Waals surface area contributed by atoms with Crippen LogP contribution in [0.2, 0.25) is 0 Å². The highest BCUT2D eigenvalue weighted by Gasteiger charge is 2.14. The molecule has 4 heteroatoms. The summed E-state index contributed by atoms with van der Waals surface area (Å²) in [4.78, 5) is 13.6. The van der Waals surface area contributed by atoms with Crippen molar-refractivity contribution in [3.63, 3.8) is 0 Å². The van der Waals surface area contributed by atoms with Crippen molar-refractivity contribution >= 4 is 31.5 Å². The summed E-state index contributed by atoms with van der Waals surface area (Å²) >= 11 is 1.71. The van der Waals surface area contributed by atoms with Crippen LogP contribution in [0.5, 0.6) is 0 Å². The summed E-state index contributed by atoms with van der Waals surface area (Å²) in [6, 6.07) is 63.5. The van der Waals surface area contributed by atoms with Crippen LogP contribution in [0.25, 0.3) is 87.3 Å². The Balaban J connectivity index is 0.877. The summed E-state index contributed by atoms with van der Waals surface area (Å²) in [6.07, 6.45) is 7.59. The molecule has 0 unspecified atom stereocenters. The maximum Gasteiger partial charge on any atom is 0.0708 e. The van der Waals surface area contributed by atoms with E-state index < -0.39 is 20.6 Å². The van der Waals surface area contributed by atoms with E-state index in [1.165, 1.54) is 50.9 Å². The molecule has 0 radical (unpaired) electrons. The molecular weight excluding hydrogens is 843 g/mol. The molecule has 4 heterocycles. The van der Waals surface area contributed by atoms with E-state index in [9.17, 15) is 0 Å². The van der Waals surface area contributed by atoms with Gasteiger partial charge in [-0.1, -0.05) is 158 Å². The second-order valence-corrected chi connectivity index (χ2v) is 18.4. The molecule has 4 aromatic heterocycles. The molecule has 3 nitrogen and oxygen atoms in total. The van der Waals surface area contributed by atoms with Gasteiger partial charge < -0.3 is 0 Å². The van der Waals surface area contributed by atoms with Gasteiger partial charge in [0.15, 0.2) is 0 Å². The van der Waals surface area contributed by atoms with E-state index in [-0.39, 0.29) is 16.7 Å². The Kier molecular flexibility index (Phi) is 9.32. The van der Waals surface area contributed by atoms with E-state index >= 15 is 0 Å². The number of fused-ring (bicyclic) bond motifs is 3. The Morgan fingerprint density at radius 2 is 0.868 bits per heavy atom.